The number of carbonyl (C=O) groups is 2. The number of ether oxygens (including phenoxy) is 1. The molecule has 0 saturated carbocycles. The molecule has 33 heavy (non-hydrogen) atoms. The van der Waals surface area contributed by atoms with Gasteiger partial charge >= 0.3 is 6.03 Å². The summed E-state index contributed by atoms with van der Waals surface area (Å²) in [7, 11) is 1.59. The van der Waals surface area contributed by atoms with E-state index >= 15 is 0 Å². The van der Waals surface area contributed by atoms with Gasteiger partial charge in [0.15, 0.2) is 0 Å². The van der Waals surface area contributed by atoms with E-state index < -0.39 is 0 Å². The molecule has 0 aromatic heterocycles. The second kappa shape index (κ2) is 10.2. The van der Waals surface area contributed by atoms with Gasteiger partial charge in [0.2, 0.25) is 5.91 Å². The maximum atomic E-state index is 13.5. The zero-order chi connectivity index (χ0) is 23.2. The van der Waals surface area contributed by atoms with Crippen LogP contribution in [0.3, 0.4) is 0 Å². The van der Waals surface area contributed by atoms with Crippen LogP contribution in [0.4, 0.5) is 20.6 Å². The largest absolute Gasteiger partial charge is 0.497 e. The number of nitrogens with zero attached hydrogens (tertiary/aromatic N) is 1. The van der Waals surface area contributed by atoms with Gasteiger partial charge < -0.3 is 20.3 Å². The molecule has 1 aliphatic heterocycles. The van der Waals surface area contributed by atoms with Gasteiger partial charge in [0.25, 0.3) is 0 Å². The average Bonchev–Trinajstić information content (AvgIpc) is 2.85. The maximum absolute atomic E-state index is 13.5. The van der Waals surface area contributed by atoms with Crippen molar-refractivity contribution in [2.45, 2.75) is 18.9 Å². The summed E-state index contributed by atoms with van der Waals surface area (Å²) >= 11 is 0. The normalized spacial score (nSPS) is 17.8. The zero-order valence-corrected chi connectivity index (χ0v) is 18.3. The number of piperidine rings is 1. The Morgan fingerprint density at radius 2 is 1.55 bits per heavy atom. The number of benzene rings is 3. The molecule has 2 atom stereocenters. The first-order chi connectivity index (χ1) is 16.0. The van der Waals surface area contributed by atoms with Crippen molar-refractivity contribution >= 4 is 23.3 Å². The summed E-state index contributed by atoms with van der Waals surface area (Å²) in [5.74, 6) is -0.135. The number of amides is 3. The predicted molar refractivity (Wildman–Crippen MR) is 126 cm³/mol. The number of carbonyl (C=O) groups excluding carboxylic acids is 2. The lowest BCUT2D eigenvalue weighted by Gasteiger charge is -2.39. The van der Waals surface area contributed by atoms with Crippen LogP contribution in [0.2, 0.25) is 0 Å². The molecule has 3 aromatic rings. The van der Waals surface area contributed by atoms with Crippen LogP contribution in [0, 0.1) is 11.7 Å². The summed E-state index contributed by atoms with van der Waals surface area (Å²) in [5, 5.41) is 5.84. The number of likely N-dealkylation sites (tertiary alicyclic amines) is 1. The second-order valence-electron chi connectivity index (χ2n) is 8.01. The van der Waals surface area contributed by atoms with Gasteiger partial charge in [0, 0.05) is 17.9 Å². The van der Waals surface area contributed by atoms with Crippen LogP contribution in [-0.2, 0) is 4.79 Å². The summed E-state index contributed by atoms with van der Waals surface area (Å²) < 4.78 is 18.6. The van der Waals surface area contributed by atoms with Gasteiger partial charge in [-0.2, -0.15) is 0 Å². The van der Waals surface area contributed by atoms with Crippen LogP contribution in [0.1, 0.15) is 24.4 Å². The molecule has 0 bridgehead atoms. The van der Waals surface area contributed by atoms with Crippen molar-refractivity contribution in [1.29, 1.82) is 0 Å². The van der Waals surface area contributed by atoms with Crippen LogP contribution in [0.5, 0.6) is 5.75 Å². The predicted octanol–water partition coefficient (Wildman–Crippen LogP) is 5.46. The lowest BCUT2D eigenvalue weighted by molar-refractivity contribution is -0.121. The molecule has 0 radical (unpaired) electrons. The number of hydrogen-bond donors (Lipinski definition) is 2. The van der Waals surface area contributed by atoms with Crippen molar-refractivity contribution in [2.75, 3.05) is 24.3 Å². The van der Waals surface area contributed by atoms with Crippen molar-refractivity contribution < 1.29 is 18.7 Å². The Bertz CT molecular complexity index is 1090. The molecule has 3 aromatic carbocycles. The Balaban J connectivity index is 1.51. The third-order valence-electron chi connectivity index (χ3n) is 5.85. The minimum Gasteiger partial charge on any atom is -0.497 e. The Kier molecular flexibility index (Phi) is 6.88. The minimum atomic E-state index is -0.370. The molecule has 0 aliphatic carbocycles. The highest BCUT2D eigenvalue weighted by Gasteiger charge is 2.35. The van der Waals surface area contributed by atoms with Crippen molar-refractivity contribution in [2.24, 2.45) is 5.92 Å². The third-order valence-corrected chi connectivity index (χ3v) is 5.85. The SMILES string of the molecule is COc1ccc(NC(=O)C2CCC(c3ccc(F)cc3)N(C(=O)Nc3ccccc3)C2)cc1. The molecule has 0 spiro atoms. The third kappa shape index (κ3) is 5.49. The Morgan fingerprint density at radius 3 is 2.21 bits per heavy atom. The fourth-order valence-electron chi connectivity index (χ4n) is 4.08. The molecular weight excluding hydrogens is 421 g/mol. The molecule has 6 nitrogen and oxygen atoms in total. The number of methoxy groups -OCH3 is 1. The Labute approximate surface area is 192 Å². The first kappa shape index (κ1) is 22.3. The fraction of sp³-hybridized carbons (Fsp3) is 0.231. The Morgan fingerprint density at radius 1 is 0.879 bits per heavy atom. The second-order valence-corrected chi connectivity index (χ2v) is 8.01. The molecule has 2 unspecified atom stereocenters. The summed E-state index contributed by atoms with van der Waals surface area (Å²) in [5.41, 5.74) is 2.18. The lowest BCUT2D eigenvalue weighted by Crippen LogP contribution is -2.47. The van der Waals surface area contributed by atoms with E-state index in [4.69, 9.17) is 4.74 Å². The number of para-hydroxylation sites is 1. The first-order valence-electron chi connectivity index (χ1n) is 10.9. The minimum absolute atomic E-state index is 0.143. The van der Waals surface area contributed by atoms with Crippen molar-refractivity contribution in [3.8, 4) is 5.75 Å². The van der Waals surface area contributed by atoms with Crippen LogP contribution < -0.4 is 15.4 Å². The van der Waals surface area contributed by atoms with Gasteiger partial charge in [-0.05, 0) is 66.9 Å². The van der Waals surface area contributed by atoms with E-state index in [1.54, 1.807) is 48.4 Å². The molecule has 7 heteroatoms. The van der Waals surface area contributed by atoms with E-state index in [1.165, 1.54) is 12.1 Å². The summed E-state index contributed by atoms with van der Waals surface area (Å²) in [6, 6.07) is 21.9. The number of anilines is 2. The number of urea groups is 1. The zero-order valence-electron chi connectivity index (χ0n) is 18.3. The monoisotopic (exact) mass is 447 g/mol. The van der Waals surface area contributed by atoms with Gasteiger partial charge in [0.05, 0.1) is 19.1 Å². The highest BCUT2D eigenvalue weighted by molar-refractivity contribution is 5.94. The van der Waals surface area contributed by atoms with Crippen LogP contribution in [0.15, 0.2) is 78.9 Å². The van der Waals surface area contributed by atoms with E-state index in [2.05, 4.69) is 10.6 Å². The van der Waals surface area contributed by atoms with Gasteiger partial charge in [-0.3, -0.25) is 4.79 Å². The molecular formula is C26H26FN3O3. The van der Waals surface area contributed by atoms with E-state index in [0.29, 0.717) is 30.0 Å². The van der Waals surface area contributed by atoms with E-state index in [-0.39, 0.29) is 36.3 Å². The number of rotatable bonds is 5. The van der Waals surface area contributed by atoms with E-state index in [0.717, 1.165) is 5.56 Å². The molecule has 4 rings (SSSR count). The summed E-state index contributed by atoms with van der Waals surface area (Å²) in [6.07, 6.45) is 1.20. The molecule has 2 N–H and O–H groups in total. The highest BCUT2D eigenvalue weighted by Crippen LogP contribution is 2.34. The first-order valence-corrected chi connectivity index (χ1v) is 10.9. The van der Waals surface area contributed by atoms with E-state index in [1.807, 2.05) is 30.3 Å². The van der Waals surface area contributed by atoms with Crippen molar-refractivity contribution in [1.82, 2.24) is 4.90 Å². The topological polar surface area (TPSA) is 70.7 Å². The number of hydrogen-bond acceptors (Lipinski definition) is 3. The molecule has 1 aliphatic rings. The molecule has 3 amide bonds. The van der Waals surface area contributed by atoms with Gasteiger partial charge in [-0.25, -0.2) is 9.18 Å². The summed E-state index contributed by atoms with van der Waals surface area (Å²) in [4.78, 5) is 27.9. The number of nitrogens with one attached hydrogen (secondary N) is 2. The van der Waals surface area contributed by atoms with Gasteiger partial charge in [-0.1, -0.05) is 30.3 Å². The summed E-state index contributed by atoms with van der Waals surface area (Å²) in [6.45, 7) is 0.253. The van der Waals surface area contributed by atoms with Crippen LogP contribution in [-0.4, -0.2) is 30.5 Å². The number of halogens is 1. The maximum Gasteiger partial charge on any atom is 0.322 e. The molecule has 170 valence electrons. The lowest BCUT2D eigenvalue weighted by atomic mass is 9.88. The average molecular weight is 448 g/mol. The molecule has 1 heterocycles. The molecule has 1 saturated heterocycles. The van der Waals surface area contributed by atoms with Crippen LogP contribution >= 0.6 is 0 Å². The van der Waals surface area contributed by atoms with Crippen molar-refractivity contribution in [3.63, 3.8) is 0 Å². The fourth-order valence-corrected chi connectivity index (χ4v) is 4.08. The highest BCUT2D eigenvalue weighted by atomic mass is 19.1. The van der Waals surface area contributed by atoms with Crippen LogP contribution in [0.25, 0.3) is 0 Å². The van der Waals surface area contributed by atoms with Gasteiger partial charge in [0.1, 0.15) is 11.6 Å². The van der Waals surface area contributed by atoms with Crippen molar-refractivity contribution in [3.05, 3.63) is 90.2 Å². The molecule has 1 fully saturated rings. The van der Waals surface area contributed by atoms with E-state index in [9.17, 15) is 14.0 Å². The quantitative estimate of drug-likeness (QED) is 0.546. The smallest absolute Gasteiger partial charge is 0.322 e. The standard InChI is InChI=1S/C26H26FN3O3/c1-33-23-14-12-22(13-15-23)28-25(31)19-9-16-24(18-7-10-20(27)11-8-18)30(17-19)26(32)29-21-5-3-2-4-6-21/h2-8,10-15,19,24H,9,16-17H2,1H3,(H,28,31)(H,29,32). The van der Waals surface area contributed by atoms with Gasteiger partial charge in [-0.15, -0.1) is 0 Å². The Hall–Kier alpha value is -3.87.